The van der Waals surface area contributed by atoms with E-state index in [1.54, 1.807) is 20.5 Å². The fraction of sp³-hybridized carbons (Fsp3) is 0.412. The Morgan fingerprint density at radius 2 is 1.90 bits per heavy atom. The second kappa shape index (κ2) is 7.18. The molecule has 0 spiro atoms. The summed E-state index contributed by atoms with van der Waals surface area (Å²) in [5, 5.41) is 3.53. The summed E-state index contributed by atoms with van der Waals surface area (Å²) in [7, 11) is 3.30. The van der Waals surface area contributed by atoms with Crippen LogP contribution in [-0.2, 0) is 0 Å². The molecule has 1 heterocycles. The molecule has 0 aliphatic heterocycles. The zero-order valence-electron chi connectivity index (χ0n) is 13.1. The molecule has 1 aromatic carbocycles. The van der Waals surface area contributed by atoms with Gasteiger partial charge >= 0.3 is 0 Å². The van der Waals surface area contributed by atoms with E-state index in [1.165, 1.54) is 0 Å². The molecule has 0 saturated heterocycles. The molecule has 1 aromatic heterocycles. The zero-order chi connectivity index (χ0) is 15.2. The van der Waals surface area contributed by atoms with Crippen molar-refractivity contribution in [3.05, 3.63) is 47.4 Å². The van der Waals surface area contributed by atoms with Gasteiger partial charge < -0.3 is 19.2 Å². The first kappa shape index (κ1) is 15.4. The van der Waals surface area contributed by atoms with E-state index in [0.29, 0.717) is 0 Å². The summed E-state index contributed by atoms with van der Waals surface area (Å²) in [6.45, 7) is 5.13. The molecule has 0 bridgehead atoms. The topological polar surface area (TPSA) is 43.6 Å². The van der Waals surface area contributed by atoms with Gasteiger partial charge in [0.1, 0.15) is 5.76 Å². The molecule has 2 aromatic rings. The number of nitrogens with one attached hydrogen (secondary N) is 1. The van der Waals surface area contributed by atoms with E-state index in [1.807, 2.05) is 24.3 Å². The van der Waals surface area contributed by atoms with Gasteiger partial charge in [-0.3, -0.25) is 0 Å². The zero-order valence-corrected chi connectivity index (χ0v) is 13.1. The van der Waals surface area contributed by atoms with Crippen molar-refractivity contribution in [2.45, 2.75) is 26.3 Å². The summed E-state index contributed by atoms with van der Waals surface area (Å²) in [6, 6.07) is 7.93. The minimum absolute atomic E-state index is 0.0137. The Morgan fingerprint density at radius 1 is 1.19 bits per heavy atom. The molecule has 21 heavy (non-hydrogen) atoms. The van der Waals surface area contributed by atoms with Crippen LogP contribution in [0.5, 0.6) is 11.5 Å². The molecular formula is C17H23NO3. The number of rotatable bonds is 7. The predicted octanol–water partition coefficient (Wildman–Crippen LogP) is 3.69. The number of furan rings is 1. The second-order valence-electron chi connectivity index (χ2n) is 4.97. The highest BCUT2D eigenvalue weighted by molar-refractivity contribution is 5.49. The Hall–Kier alpha value is -1.94. The van der Waals surface area contributed by atoms with E-state index < -0.39 is 0 Å². The average molecular weight is 289 g/mol. The van der Waals surface area contributed by atoms with E-state index in [-0.39, 0.29) is 6.04 Å². The van der Waals surface area contributed by atoms with Gasteiger partial charge in [-0.15, -0.1) is 0 Å². The Labute approximate surface area is 126 Å². The predicted molar refractivity (Wildman–Crippen MR) is 83.1 cm³/mol. The first-order valence-electron chi connectivity index (χ1n) is 7.20. The van der Waals surface area contributed by atoms with Gasteiger partial charge in [0, 0.05) is 0 Å². The number of methoxy groups -OCH3 is 2. The fourth-order valence-electron chi connectivity index (χ4n) is 2.42. The van der Waals surface area contributed by atoms with Gasteiger partial charge in [-0.1, -0.05) is 6.92 Å². The number of ether oxygens (including phenoxy) is 2. The summed E-state index contributed by atoms with van der Waals surface area (Å²) in [4.78, 5) is 0. The Bertz CT molecular complexity index is 564. The highest BCUT2D eigenvalue weighted by Gasteiger charge is 2.20. The molecule has 0 aliphatic rings. The molecule has 0 aliphatic carbocycles. The molecule has 4 nitrogen and oxygen atoms in total. The highest BCUT2D eigenvalue weighted by atomic mass is 16.5. The van der Waals surface area contributed by atoms with Crippen molar-refractivity contribution in [3.63, 3.8) is 0 Å². The molecular weight excluding hydrogens is 266 g/mol. The highest BCUT2D eigenvalue weighted by Crippen LogP contribution is 2.35. The fourth-order valence-corrected chi connectivity index (χ4v) is 2.42. The van der Waals surface area contributed by atoms with Gasteiger partial charge in [0.05, 0.1) is 26.5 Å². The van der Waals surface area contributed by atoms with Gasteiger partial charge in [0.2, 0.25) is 0 Å². The molecule has 0 radical (unpaired) electrons. The lowest BCUT2D eigenvalue weighted by Gasteiger charge is -2.21. The maximum Gasteiger partial charge on any atom is 0.161 e. The van der Waals surface area contributed by atoms with Crippen LogP contribution in [0.1, 0.15) is 36.3 Å². The smallest absolute Gasteiger partial charge is 0.161 e. The van der Waals surface area contributed by atoms with Crippen LogP contribution in [0.4, 0.5) is 0 Å². The van der Waals surface area contributed by atoms with Gasteiger partial charge in [-0.05, 0) is 55.3 Å². The van der Waals surface area contributed by atoms with Crippen molar-refractivity contribution < 1.29 is 13.9 Å². The Kier molecular flexibility index (Phi) is 5.28. The average Bonchev–Trinajstić information content (AvgIpc) is 3.02. The standard InChI is InChI=1S/C17H23NO3/c1-5-8-18-17(14-7-6-9-21-14)13-11-16(20-4)15(19-3)10-12(13)2/h6-7,9-11,17-18H,5,8H2,1-4H3. The minimum Gasteiger partial charge on any atom is -0.493 e. The van der Waals surface area contributed by atoms with Crippen molar-refractivity contribution in [2.75, 3.05) is 20.8 Å². The van der Waals surface area contributed by atoms with Gasteiger partial charge in [-0.2, -0.15) is 0 Å². The Morgan fingerprint density at radius 3 is 2.48 bits per heavy atom. The van der Waals surface area contributed by atoms with Crippen LogP contribution in [0.25, 0.3) is 0 Å². The largest absolute Gasteiger partial charge is 0.493 e. The summed E-state index contributed by atoms with van der Waals surface area (Å²) < 4.78 is 16.4. The molecule has 2 rings (SSSR count). The van der Waals surface area contributed by atoms with E-state index >= 15 is 0 Å². The summed E-state index contributed by atoms with van der Waals surface area (Å²) >= 11 is 0. The SMILES string of the molecule is CCCNC(c1ccco1)c1cc(OC)c(OC)cc1C. The molecule has 0 amide bonds. The molecule has 0 saturated carbocycles. The van der Waals surface area contributed by atoms with Gasteiger partial charge in [0.25, 0.3) is 0 Å². The monoisotopic (exact) mass is 289 g/mol. The first-order valence-corrected chi connectivity index (χ1v) is 7.20. The van der Waals surface area contributed by atoms with Crippen molar-refractivity contribution in [1.29, 1.82) is 0 Å². The quantitative estimate of drug-likeness (QED) is 0.844. The number of aryl methyl sites for hydroxylation is 1. The van der Waals surface area contributed by atoms with Crippen LogP contribution >= 0.6 is 0 Å². The third-order valence-corrected chi connectivity index (χ3v) is 3.51. The first-order chi connectivity index (χ1) is 10.2. The minimum atomic E-state index is 0.0137. The maximum absolute atomic E-state index is 5.60. The summed E-state index contributed by atoms with van der Waals surface area (Å²) in [6.07, 6.45) is 2.76. The van der Waals surface area contributed by atoms with Gasteiger partial charge in [0.15, 0.2) is 11.5 Å². The molecule has 4 heteroatoms. The van der Waals surface area contributed by atoms with Crippen LogP contribution < -0.4 is 14.8 Å². The van der Waals surface area contributed by atoms with E-state index in [4.69, 9.17) is 13.9 Å². The van der Waals surface area contributed by atoms with Crippen molar-refractivity contribution in [3.8, 4) is 11.5 Å². The van der Waals surface area contributed by atoms with Crippen molar-refractivity contribution in [2.24, 2.45) is 0 Å². The molecule has 1 N–H and O–H groups in total. The molecule has 114 valence electrons. The molecule has 0 fully saturated rings. The van der Waals surface area contributed by atoms with Crippen LogP contribution in [0.3, 0.4) is 0 Å². The van der Waals surface area contributed by atoms with Crippen molar-refractivity contribution >= 4 is 0 Å². The summed E-state index contributed by atoms with van der Waals surface area (Å²) in [5.74, 6) is 2.37. The third-order valence-electron chi connectivity index (χ3n) is 3.51. The normalized spacial score (nSPS) is 12.2. The van der Waals surface area contributed by atoms with E-state index in [2.05, 4.69) is 19.2 Å². The number of hydrogen-bond donors (Lipinski definition) is 1. The van der Waals surface area contributed by atoms with E-state index in [0.717, 1.165) is 41.4 Å². The number of hydrogen-bond acceptors (Lipinski definition) is 4. The molecule has 1 unspecified atom stereocenters. The van der Waals surface area contributed by atoms with Crippen LogP contribution in [0.2, 0.25) is 0 Å². The van der Waals surface area contributed by atoms with Crippen LogP contribution in [0.15, 0.2) is 34.9 Å². The third kappa shape index (κ3) is 3.39. The van der Waals surface area contributed by atoms with Crippen molar-refractivity contribution in [1.82, 2.24) is 5.32 Å². The Balaban J connectivity index is 2.44. The van der Waals surface area contributed by atoms with Gasteiger partial charge in [-0.25, -0.2) is 0 Å². The molecule has 1 atom stereocenters. The van der Waals surface area contributed by atoms with Crippen LogP contribution in [-0.4, -0.2) is 20.8 Å². The lowest BCUT2D eigenvalue weighted by Crippen LogP contribution is -2.23. The number of benzene rings is 1. The van der Waals surface area contributed by atoms with Crippen LogP contribution in [0, 0.1) is 6.92 Å². The summed E-state index contributed by atoms with van der Waals surface area (Å²) in [5.41, 5.74) is 2.27. The maximum atomic E-state index is 5.60. The second-order valence-corrected chi connectivity index (χ2v) is 4.97. The lowest BCUT2D eigenvalue weighted by atomic mass is 9.98. The lowest BCUT2D eigenvalue weighted by molar-refractivity contribution is 0.353. The van der Waals surface area contributed by atoms with E-state index in [9.17, 15) is 0 Å².